The maximum atomic E-state index is 11.4. The van der Waals surface area contributed by atoms with Crippen molar-refractivity contribution in [1.82, 2.24) is 0 Å². The number of aromatic hydroxyl groups is 2. The van der Waals surface area contributed by atoms with Crippen molar-refractivity contribution in [3.05, 3.63) is 58.2 Å². The zero-order valence-electron chi connectivity index (χ0n) is 20.2. The molecule has 0 aliphatic rings. The Hall–Kier alpha value is -2.53. The Morgan fingerprint density at radius 1 is 0.969 bits per heavy atom. The van der Waals surface area contributed by atoms with E-state index in [1.165, 1.54) is 17.2 Å². The van der Waals surface area contributed by atoms with Gasteiger partial charge in [-0.3, -0.25) is 0 Å². The van der Waals surface area contributed by atoms with Crippen LogP contribution in [-0.2, 0) is 11.2 Å². The molecule has 1 aromatic carbocycles. The van der Waals surface area contributed by atoms with Gasteiger partial charge in [0.15, 0.2) is 0 Å². The van der Waals surface area contributed by atoms with Crippen LogP contribution in [0.1, 0.15) is 83.8 Å². The number of aryl methyl sites for hydroxylation is 2. The summed E-state index contributed by atoms with van der Waals surface area (Å²) in [6.07, 6.45) is 11.0. The van der Waals surface area contributed by atoms with Gasteiger partial charge in [-0.05, 0) is 109 Å². The van der Waals surface area contributed by atoms with Gasteiger partial charge in [-0.15, -0.1) is 0 Å². The lowest BCUT2D eigenvalue weighted by molar-refractivity contribution is -0.132. The summed E-state index contributed by atoms with van der Waals surface area (Å²) in [7, 11) is 0. The van der Waals surface area contributed by atoms with Crippen LogP contribution in [0.3, 0.4) is 0 Å². The van der Waals surface area contributed by atoms with E-state index in [9.17, 15) is 25.2 Å². The van der Waals surface area contributed by atoms with E-state index in [0.29, 0.717) is 48.8 Å². The molecule has 0 unspecified atom stereocenters. The summed E-state index contributed by atoms with van der Waals surface area (Å²) in [4.78, 5) is 11.4. The summed E-state index contributed by atoms with van der Waals surface area (Å²) in [5.41, 5.74) is 3.20. The lowest BCUT2D eigenvalue weighted by Crippen LogP contribution is -2.24. The number of carboxylic acids is 1. The largest absolute Gasteiger partial charge is 0.508 e. The van der Waals surface area contributed by atoms with Crippen LogP contribution in [0.15, 0.2) is 47.1 Å². The van der Waals surface area contributed by atoms with E-state index in [1.807, 2.05) is 26.8 Å². The molecular formula is C27H40O5. The van der Waals surface area contributed by atoms with Crippen molar-refractivity contribution in [1.29, 1.82) is 0 Å². The highest BCUT2D eigenvalue weighted by atomic mass is 16.4. The van der Waals surface area contributed by atoms with Crippen molar-refractivity contribution in [3.63, 3.8) is 0 Å². The number of benzene rings is 1. The molecule has 0 amide bonds. The van der Waals surface area contributed by atoms with Gasteiger partial charge in [0.25, 0.3) is 0 Å². The zero-order chi connectivity index (χ0) is 24.3. The number of carbonyl (C=O) groups is 1. The van der Waals surface area contributed by atoms with Crippen molar-refractivity contribution >= 4 is 5.97 Å². The number of phenolic OH excluding ortho intramolecular Hbond substituents is 2. The number of aliphatic carboxylic acids is 1. The molecule has 178 valence electrons. The van der Waals surface area contributed by atoms with Gasteiger partial charge in [-0.1, -0.05) is 29.4 Å². The first-order valence-electron chi connectivity index (χ1n) is 11.4. The predicted molar refractivity (Wildman–Crippen MR) is 130 cm³/mol. The third-order valence-corrected chi connectivity index (χ3v) is 5.64. The van der Waals surface area contributed by atoms with E-state index in [0.717, 1.165) is 19.3 Å². The molecule has 0 spiro atoms. The van der Waals surface area contributed by atoms with E-state index in [4.69, 9.17) is 0 Å². The van der Waals surface area contributed by atoms with Gasteiger partial charge >= 0.3 is 5.97 Å². The molecule has 1 aromatic rings. The number of rotatable bonds is 13. The second-order valence-corrected chi connectivity index (χ2v) is 9.25. The van der Waals surface area contributed by atoms with Crippen LogP contribution >= 0.6 is 0 Å². The normalized spacial score (nSPS) is 14.2. The van der Waals surface area contributed by atoms with E-state index >= 15 is 0 Å². The molecule has 0 saturated heterocycles. The average molecular weight is 445 g/mol. The number of phenols is 2. The summed E-state index contributed by atoms with van der Waals surface area (Å²) >= 11 is 0. The second kappa shape index (κ2) is 13.1. The van der Waals surface area contributed by atoms with Gasteiger partial charge in [0.2, 0.25) is 0 Å². The maximum absolute atomic E-state index is 11.4. The van der Waals surface area contributed by atoms with Crippen LogP contribution in [-0.4, -0.2) is 32.0 Å². The molecule has 0 fully saturated rings. The first-order valence-corrected chi connectivity index (χ1v) is 11.4. The van der Waals surface area contributed by atoms with Crippen molar-refractivity contribution < 1.29 is 25.2 Å². The van der Waals surface area contributed by atoms with Gasteiger partial charge in [-0.25, -0.2) is 4.79 Å². The first-order chi connectivity index (χ1) is 14.9. The van der Waals surface area contributed by atoms with Crippen molar-refractivity contribution in [3.8, 4) is 11.5 Å². The fraction of sp³-hybridized carbons (Fsp3) is 0.519. The van der Waals surface area contributed by atoms with Crippen molar-refractivity contribution in [2.75, 3.05) is 0 Å². The lowest BCUT2D eigenvalue weighted by atomic mass is 9.91. The molecule has 32 heavy (non-hydrogen) atoms. The Bertz CT molecular complexity index is 855. The maximum Gasteiger partial charge on any atom is 0.331 e. The molecule has 0 aliphatic carbocycles. The minimum Gasteiger partial charge on any atom is -0.508 e. The SMILES string of the molecule is CC(C)=CCCC(=CCCC(C)=CCC[C@@](C)(O)CCc1cc(O)cc(C)c1O)C(=O)O. The highest BCUT2D eigenvalue weighted by Gasteiger charge is 2.20. The van der Waals surface area contributed by atoms with E-state index < -0.39 is 11.6 Å². The average Bonchev–Trinajstić information content (AvgIpc) is 2.68. The number of aliphatic hydroxyl groups is 1. The van der Waals surface area contributed by atoms with Crippen LogP contribution in [0, 0.1) is 6.92 Å². The van der Waals surface area contributed by atoms with Gasteiger partial charge in [0, 0.05) is 5.57 Å². The fourth-order valence-electron chi connectivity index (χ4n) is 3.57. The molecule has 0 radical (unpaired) electrons. The summed E-state index contributed by atoms with van der Waals surface area (Å²) in [5.74, 6) is -0.563. The molecule has 0 aliphatic heterocycles. The van der Waals surface area contributed by atoms with Crippen molar-refractivity contribution in [2.24, 2.45) is 0 Å². The predicted octanol–water partition coefficient (Wildman–Crippen LogP) is 6.35. The molecular weight excluding hydrogens is 404 g/mol. The van der Waals surface area contributed by atoms with Crippen LogP contribution < -0.4 is 0 Å². The first kappa shape index (κ1) is 27.5. The summed E-state index contributed by atoms with van der Waals surface area (Å²) in [6, 6.07) is 3.06. The molecule has 0 saturated carbocycles. The van der Waals surface area contributed by atoms with Gasteiger partial charge < -0.3 is 20.4 Å². The Morgan fingerprint density at radius 3 is 2.25 bits per heavy atom. The van der Waals surface area contributed by atoms with Crippen LogP contribution in [0.2, 0.25) is 0 Å². The lowest BCUT2D eigenvalue weighted by Gasteiger charge is -2.23. The number of carboxylic acid groups (broad SMARTS) is 1. The molecule has 5 nitrogen and oxygen atoms in total. The molecule has 5 heteroatoms. The summed E-state index contributed by atoms with van der Waals surface area (Å²) < 4.78 is 0. The molecule has 1 atom stereocenters. The standard InChI is InChI=1S/C27H40O5/c1-19(2)9-6-12-22(26(30)31)13-7-10-20(3)11-8-15-27(5,32)16-14-23-18-24(28)17-21(4)25(23)29/h9,11,13,17-18,28-29,32H,6-8,10,12,14-16H2,1-5H3,(H,30,31)/t27-/m1/s1. The molecule has 0 heterocycles. The van der Waals surface area contributed by atoms with E-state index in [-0.39, 0.29) is 11.5 Å². The third-order valence-electron chi connectivity index (χ3n) is 5.64. The smallest absolute Gasteiger partial charge is 0.331 e. The summed E-state index contributed by atoms with van der Waals surface area (Å²) in [6.45, 7) is 9.57. The third kappa shape index (κ3) is 10.7. The Balaban J connectivity index is 2.51. The Labute approximate surface area is 192 Å². The fourth-order valence-corrected chi connectivity index (χ4v) is 3.57. The molecule has 0 bridgehead atoms. The van der Waals surface area contributed by atoms with Gasteiger partial charge in [-0.2, -0.15) is 0 Å². The minimum absolute atomic E-state index is 0.116. The monoisotopic (exact) mass is 444 g/mol. The minimum atomic E-state index is -0.885. The van der Waals surface area contributed by atoms with Crippen LogP contribution in [0.4, 0.5) is 0 Å². The van der Waals surface area contributed by atoms with E-state index in [1.54, 1.807) is 19.9 Å². The summed E-state index contributed by atoms with van der Waals surface area (Å²) in [5, 5.41) is 39.9. The van der Waals surface area contributed by atoms with Crippen LogP contribution in [0.25, 0.3) is 0 Å². The highest BCUT2D eigenvalue weighted by Crippen LogP contribution is 2.30. The van der Waals surface area contributed by atoms with Crippen molar-refractivity contribution in [2.45, 2.75) is 91.6 Å². The van der Waals surface area contributed by atoms with Gasteiger partial charge in [0.05, 0.1) is 5.60 Å². The highest BCUT2D eigenvalue weighted by molar-refractivity contribution is 5.86. The number of hydrogen-bond donors (Lipinski definition) is 4. The Morgan fingerprint density at radius 2 is 1.62 bits per heavy atom. The number of allylic oxidation sites excluding steroid dienone is 5. The Kier molecular flexibility index (Phi) is 11.3. The zero-order valence-corrected chi connectivity index (χ0v) is 20.2. The van der Waals surface area contributed by atoms with E-state index in [2.05, 4.69) is 12.2 Å². The number of hydrogen-bond acceptors (Lipinski definition) is 4. The molecule has 4 N–H and O–H groups in total. The molecule has 0 aromatic heterocycles. The second-order valence-electron chi connectivity index (χ2n) is 9.25. The topological polar surface area (TPSA) is 98.0 Å². The van der Waals surface area contributed by atoms with Gasteiger partial charge in [0.1, 0.15) is 11.5 Å². The quantitative estimate of drug-likeness (QED) is 0.161. The molecule has 1 rings (SSSR count). The van der Waals surface area contributed by atoms with Crippen LogP contribution in [0.5, 0.6) is 11.5 Å².